The van der Waals surface area contributed by atoms with Crippen LogP contribution < -0.4 is 10.0 Å². The third-order valence-electron chi connectivity index (χ3n) is 3.00. The van der Waals surface area contributed by atoms with Gasteiger partial charge in [0.1, 0.15) is 5.82 Å². The second-order valence-corrected chi connectivity index (χ2v) is 8.67. The van der Waals surface area contributed by atoms with Crippen molar-refractivity contribution >= 4 is 15.8 Å². The third kappa shape index (κ3) is 5.01. The first kappa shape index (κ1) is 18.4. The summed E-state index contributed by atoms with van der Waals surface area (Å²) in [4.78, 5) is 0.229. The van der Waals surface area contributed by atoms with Crippen molar-refractivity contribution in [2.45, 2.75) is 51.1 Å². The van der Waals surface area contributed by atoms with Crippen LogP contribution in [0.25, 0.3) is 11.3 Å². The van der Waals surface area contributed by atoms with Gasteiger partial charge in [0.2, 0.25) is 10.0 Å². The fourth-order valence-corrected chi connectivity index (χ4v) is 3.54. The molecule has 1 heterocycles. The minimum absolute atomic E-state index is 0.229. The summed E-state index contributed by atoms with van der Waals surface area (Å²) in [6.45, 7) is 9.48. The molecule has 0 amide bonds. The average Bonchev–Trinajstić information content (AvgIpc) is 2.45. The van der Waals surface area contributed by atoms with Crippen LogP contribution in [0.3, 0.4) is 0 Å². The van der Waals surface area contributed by atoms with Gasteiger partial charge in [-0.25, -0.2) is 13.1 Å². The topological polar surface area (TPSA) is 84.0 Å². The van der Waals surface area contributed by atoms with Crippen molar-refractivity contribution in [3.8, 4) is 11.3 Å². The number of aromatic nitrogens is 2. The van der Waals surface area contributed by atoms with Gasteiger partial charge in [-0.15, -0.1) is 10.2 Å². The zero-order valence-corrected chi connectivity index (χ0v) is 15.5. The number of nitrogens with zero attached hydrogens (tertiary/aromatic N) is 2. The number of nitrogens with one attached hydrogen (secondary N) is 2. The Morgan fingerprint density at radius 2 is 1.58 bits per heavy atom. The molecule has 0 fully saturated rings. The Hall–Kier alpha value is -1.99. The van der Waals surface area contributed by atoms with Gasteiger partial charge in [-0.3, -0.25) is 0 Å². The fraction of sp³-hybridized carbons (Fsp3) is 0.412. The van der Waals surface area contributed by atoms with Crippen LogP contribution in [0.5, 0.6) is 0 Å². The van der Waals surface area contributed by atoms with Crippen LogP contribution in [0.2, 0.25) is 0 Å². The van der Waals surface area contributed by atoms with Gasteiger partial charge in [0.25, 0.3) is 0 Å². The zero-order chi connectivity index (χ0) is 18.0. The Balaban J connectivity index is 2.20. The van der Waals surface area contributed by atoms with E-state index in [1.807, 2.05) is 26.0 Å². The van der Waals surface area contributed by atoms with Crippen molar-refractivity contribution < 1.29 is 8.42 Å². The van der Waals surface area contributed by atoms with Gasteiger partial charge in [0.15, 0.2) is 0 Å². The predicted molar refractivity (Wildman–Crippen MR) is 96.3 cm³/mol. The molecule has 0 aliphatic carbocycles. The van der Waals surface area contributed by atoms with E-state index in [1.54, 1.807) is 45.0 Å². The van der Waals surface area contributed by atoms with E-state index in [2.05, 4.69) is 20.2 Å². The number of hydrogen-bond donors (Lipinski definition) is 2. The van der Waals surface area contributed by atoms with Crippen LogP contribution in [0.4, 0.5) is 5.82 Å². The third-order valence-corrected chi connectivity index (χ3v) is 4.78. The van der Waals surface area contributed by atoms with Crippen molar-refractivity contribution in [3.05, 3.63) is 36.4 Å². The highest BCUT2D eigenvalue weighted by Gasteiger charge is 2.21. The zero-order valence-electron chi connectivity index (χ0n) is 14.7. The first-order chi connectivity index (χ1) is 11.1. The summed E-state index contributed by atoms with van der Waals surface area (Å²) >= 11 is 0. The molecule has 0 saturated heterocycles. The average molecular weight is 348 g/mol. The highest BCUT2D eigenvalue weighted by molar-refractivity contribution is 7.89. The van der Waals surface area contributed by atoms with Gasteiger partial charge in [0.05, 0.1) is 10.6 Å². The summed E-state index contributed by atoms with van der Waals surface area (Å²) in [6.07, 6.45) is 0. The monoisotopic (exact) mass is 348 g/mol. The molecule has 130 valence electrons. The molecule has 0 unspecified atom stereocenters. The molecular formula is C17H24N4O2S. The SMILES string of the molecule is CC(C)Nc1ccc(-c2ccc(S(=O)(=O)NC(C)(C)C)cc2)nn1. The lowest BCUT2D eigenvalue weighted by Gasteiger charge is -2.20. The maximum Gasteiger partial charge on any atom is 0.241 e. The number of sulfonamides is 1. The lowest BCUT2D eigenvalue weighted by atomic mass is 10.1. The molecule has 2 aromatic rings. The van der Waals surface area contributed by atoms with Crippen molar-refractivity contribution in [1.82, 2.24) is 14.9 Å². The van der Waals surface area contributed by atoms with Crippen LogP contribution in [0.1, 0.15) is 34.6 Å². The van der Waals surface area contributed by atoms with E-state index in [9.17, 15) is 8.42 Å². The van der Waals surface area contributed by atoms with Crippen molar-refractivity contribution in [1.29, 1.82) is 0 Å². The minimum Gasteiger partial charge on any atom is -0.366 e. The molecule has 1 aromatic heterocycles. The highest BCUT2D eigenvalue weighted by atomic mass is 32.2. The second kappa shape index (κ2) is 6.86. The number of rotatable bonds is 5. The Kier molecular flexibility index (Phi) is 5.25. The molecule has 0 saturated carbocycles. The van der Waals surface area contributed by atoms with Gasteiger partial charge in [-0.05, 0) is 58.9 Å². The largest absolute Gasteiger partial charge is 0.366 e. The second-order valence-electron chi connectivity index (χ2n) is 6.98. The molecule has 0 aliphatic rings. The van der Waals surface area contributed by atoms with E-state index in [1.165, 1.54) is 0 Å². The summed E-state index contributed by atoms with van der Waals surface area (Å²) in [5.74, 6) is 0.710. The van der Waals surface area contributed by atoms with Crippen LogP contribution in [-0.4, -0.2) is 30.2 Å². The Labute approximate surface area is 143 Å². The Bertz CT molecular complexity index is 777. The normalized spacial score (nSPS) is 12.4. The number of hydrogen-bond acceptors (Lipinski definition) is 5. The van der Waals surface area contributed by atoms with Gasteiger partial charge < -0.3 is 5.32 Å². The van der Waals surface area contributed by atoms with Gasteiger partial charge >= 0.3 is 0 Å². The molecule has 0 aliphatic heterocycles. The van der Waals surface area contributed by atoms with Crippen LogP contribution in [-0.2, 0) is 10.0 Å². The van der Waals surface area contributed by atoms with Crippen LogP contribution >= 0.6 is 0 Å². The molecule has 0 bridgehead atoms. The van der Waals surface area contributed by atoms with Gasteiger partial charge in [-0.1, -0.05) is 12.1 Å². The van der Waals surface area contributed by atoms with Crippen LogP contribution in [0, 0.1) is 0 Å². The van der Waals surface area contributed by atoms with Gasteiger partial charge in [0, 0.05) is 17.1 Å². The number of anilines is 1. The molecule has 0 spiro atoms. The van der Waals surface area contributed by atoms with Gasteiger partial charge in [-0.2, -0.15) is 0 Å². The summed E-state index contributed by atoms with van der Waals surface area (Å²) < 4.78 is 27.2. The van der Waals surface area contributed by atoms with E-state index in [4.69, 9.17) is 0 Å². The molecule has 6 nitrogen and oxygen atoms in total. The first-order valence-corrected chi connectivity index (χ1v) is 9.30. The quantitative estimate of drug-likeness (QED) is 0.867. The molecule has 2 rings (SSSR count). The van der Waals surface area contributed by atoms with E-state index in [-0.39, 0.29) is 10.9 Å². The predicted octanol–water partition coefficient (Wildman–Crippen LogP) is 3.04. The van der Waals surface area contributed by atoms with E-state index in [0.29, 0.717) is 11.5 Å². The molecule has 0 radical (unpaired) electrons. The van der Waals surface area contributed by atoms with Crippen molar-refractivity contribution in [2.24, 2.45) is 0 Å². The molecule has 1 aromatic carbocycles. The Morgan fingerprint density at radius 1 is 0.958 bits per heavy atom. The summed E-state index contributed by atoms with van der Waals surface area (Å²) in [7, 11) is -3.53. The molecule has 0 atom stereocenters. The minimum atomic E-state index is -3.53. The molecule has 24 heavy (non-hydrogen) atoms. The highest BCUT2D eigenvalue weighted by Crippen LogP contribution is 2.20. The maximum absolute atomic E-state index is 12.3. The first-order valence-electron chi connectivity index (χ1n) is 7.81. The van der Waals surface area contributed by atoms with E-state index < -0.39 is 15.6 Å². The number of benzene rings is 1. The van der Waals surface area contributed by atoms with Crippen molar-refractivity contribution in [2.75, 3.05) is 5.32 Å². The fourth-order valence-electron chi connectivity index (χ4n) is 2.13. The lowest BCUT2D eigenvalue weighted by Crippen LogP contribution is -2.40. The standard InChI is InChI=1S/C17H24N4O2S/c1-12(2)18-16-11-10-15(19-20-16)13-6-8-14(9-7-13)24(22,23)21-17(3,4)5/h6-12,21H,1-5H3,(H,18,20). The molecular weight excluding hydrogens is 324 g/mol. The lowest BCUT2D eigenvalue weighted by molar-refractivity contribution is 0.491. The van der Waals surface area contributed by atoms with E-state index in [0.717, 1.165) is 5.56 Å². The van der Waals surface area contributed by atoms with Crippen molar-refractivity contribution in [3.63, 3.8) is 0 Å². The summed E-state index contributed by atoms with van der Waals surface area (Å²) in [5.41, 5.74) is 0.979. The smallest absolute Gasteiger partial charge is 0.241 e. The molecule has 2 N–H and O–H groups in total. The molecule has 7 heteroatoms. The Morgan fingerprint density at radius 3 is 2.04 bits per heavy atom. The summed E-state index contributed by atoms with van der Waals surface area (Å²) in [6, 6.07) is 10.6. The van der Waals surface area contributed by atoms with E-state index >= 15 is 0 Å². The van der Waals surface area contributed by atoms with Crippen LogP contribution in [0.15, 0.2) is 41.3 Å². The summed E-state index contributed by atoms with van der Waals surface area (Å²) in [5, 5.41) is 11.5. The maximum atomic E-state index is 12.3.